The summed E-state index contributed by atoms with van der Waals surface area (Å²) in [6.45, 7) is 1.94. The van der Waals surface area contributed by atoms with E-state index in [9.17, 15) is 5.11 Å². The molecule has 1 saturated heterocycles. The first-order valence-electron chi connectivity index (χ1n) is 9.44. The fourth-order valence-electron chi connectivity index (χ4n) is 3.82. The van der Waals surface area contributed by atoms with Crippen LogP contribution in [0.1, 0.15) is 31.2 Å². The smallest absolute Gasteiger partial charge is 0.130 e. The summed E-state index contributed by atoms with van der Waals surface area (Å²) in [5, 5.41) is 17.5. The van der Waals surface area contributed by atoms with E-state index in [0.717, 1.165) is 40.8 Å². The number of fused-ring (bicyclic) bond motifs is 1. The zero-order valence-electron chi connectivity index (χ0n) is 15.2. The van der Waals surface area contributed by atoms with Crippen molar-refractivity contribution in [1.82, 2.24) is 14.6 Å². The molecule has 0 bridgehead atoms. The van der Waals surface area contributed by atoms with Gasteiger partial charge >= 0.3 is 0 Å². The number of anilines is 2. The fourth-order valence-corrected chi connectivity index (χ4v) is 4.19. The molecule has 1 atom stereocenters. The van der Waals surface area contributed by atoms with Gasteiger partial charge in [0.2, 0.25) is 0 Å². The van der Waals surface area contributed by atoms with Gasteiger partial charge in [-0.1, -0.05) is 6.07 Å². The number of pyridine rings is 2. The summed E-state index contributed by atoms with van der Waals surface area (Å²) in [6.07, 6.45) is 9.84. The van der Waals surface area contributed by atoms with Crippen LogP contribution in [0.2, 0.25) is 0 Å². The van der Waals surface area contributed by atoms with Crippen LogP contribution in [0.15, 0.2) is 47.3 Å². The molecule has 6 nitrogen and oxygen atoms in total. The third-order valence-electron chi connectivity index (χ3n) is 5.17. The largest absolute Gasteiger partial charge is 0.396 e. The van der Waals surface area contributed by atoms with Crippen molar-refractivity contribution in [1.29, 1.82) is 0 Å². The summed E-state index contributed by atoms with van der Waals surface area (Å²) in [7, 11) is 0. The zero-order chi connectivity index (χ0) is 18.6. The predicted molar refractivity (Wildman–Crippen MR) is 111 cm³/mol. The van der Waals surface area contributed by atoms with E-state index in [0.29, 0.717) is 12.6 Å². The number of aliphatic hydroxyl groups excluding tert-OH is 1. The zero-order valence-corrected chi connectivity index (χ0v) is 16.8. The number of hydrogen-bond donors (Lipinski definition) is 2. The van der Waals surface area contributed by atoms with Gasteiger partial charge in [0.15, 0.2) is 0 Å². The van der Waals surface area contributed by atoms with Gasteiger partial charge in [-0.25, -0.2) is 4.52 Å². The van der Waals surface area contributed by atoms with Gasteiger partial charge in [-0.2, -0.15) is 5.10 Å². The van der Waals surface area contributed by atoms with Gasteiger partial charge in [0, 0.05) is 49.9 Å². The molecule has 142 valence electrons. The van der Waals surface area contributed by atoms with Crippen LogP contribution in [-0.4, -0.2) is 38.9 Å². The van der Waals surface area contributed by atoms with E-state index >= 15 is 0 Å². The maximum absolute atomic E-state index is 9.46. The molecule has 0 radical (unpaired) electrons. The molecule has 1 fully saturated rings. The van der Waals surface area contributed by atoms with Gasteiger partial charge in [0.1, 0.15) is 5.82 Å². The van der Waals surface area contributed by atoms with Crippen molar-refractivity contribution in [2.75, 3.05) is 23.4 Å². The van der Waals surface area contributed by atoms with Crippen molar-refractivity contribution in [3.8, 4) is 0 Å². The number of aromatic nitrogens is 3. The number of rotatable bonds is 6. The first-order chi connectivity index (χ1) is 13.3. The first-order valence-corrected chi connectivity index (χ1v) is 10.2. The molecule has 3 aromatic heterocycles. The van der Waals surface area contributed by atoms with Crippen LogP contribution in [-0.2, 0) is 6.54 Å². The number of piperidine rings is 1. The number of halogens is 1. The first kappa shape index (κ1) is 18.3. The molecule has 0 saturated carbocycles. The Hall–Kier alpha value is -2.12. The molecule has 4 rings (SSSR count). The molecule has 0 aromatic carbocycles. The second-order valence-corrected chi connectivity index (χ2v) is 7.81. The van der Waals surface area contributed by atoms with Crippen LogP contribution >= 0.6 is 15.9 Å². The van der Waals surface area contributed by atoms with E-state index in [-0.39, 0.29) is 6.61 Å². The Morgan fingerprint density at radius 2 is 2.19 bits per heavy atom. The number of hydrogen-bond acceptors (Lipinski definition) is 5. The van der Waals surface area contributed by atoms with Crippen molar-refractivity contribution in [3.05, 3.63) is 52.9 Å². The van der Waals surface area contributed by atoms with E-state index in [1.54, 1.807) is 6.20 Å². The van der Waals surface area contributed by atoms with Crippen LogP contribution in [0.25, 0.3) is 5.52 Å². The average molecular weight is 430 g/mol. The van der Waals surface area contributed by atoms with Gasteiger partial charge in [-0.05, 0) is 59.3 Å². The molecule has 4 heterocycles. The number of aliphatic hydroxyl groups is 1. The van der Waals surface area contributed by atoms with Crippen molar-refractivity contribution in [3.63, 3.8) is 0 Å². The van der Waals surface area contributed by atoms with Crippen LogP contribution in [0, 0.1) is 0 Å². The fraction of sp³-hybridized carbons (Fsp3) is 0.400. The number of nitrogens with one attached hydrogen (secondary N) is 1. The Morgan fingerprint density at radius 3 is 3.00 bits per heavy atom. The van der Waals surface area contributed by atoms with E-state index < -0.39 is 0 Å². The maximum Gasteiger partial charge on any atom is 0.130 e. The second kappa shape index (κ2) is 8.27. The SMILES string of the molecule is OCCC1CCCCN1c1cc(NCc2cccnc2)n2ncc(Br)c2c1. The summed E-state index contributed by atoms with van der Waals surface area (Å²) >= 11 is 3.62. The minimum atomic E-state index is 0.228. The molecule has 2 N–H and O–H groups in total. The minimum Gasteiger partial charge on any atom is -0.396 e. The Labute approximate surface area is 167 Å². The van der Waals surface area contributed by atoms with Gasteiger partial charge in [-0.3, -0.25) is 4.98 Å². The van der Waals surface area contributed by atoms with Gasteiger partial charge in [0.05, 0.1) is 16.2 Å². The van der Waals surface area contributed by atoms with E-state index in [1.807, 2.05) is 23.0 Å². The lowest BCUT2D eigenvalue weighted by Crippen LogP contribution is -2.40. The Kier molecular flexibility index (Phi) is 5.59. The lowest BCUT2D eigenvalue weighted by Gasteiger charge is -2.37. The highest BCUT2D eigenvalue weighted by molar-refractivity contribution is 9.10. The quantitative estimate of drug-likeness (QED) is 0.622. The highest BCUT2D eigenvalue weighted by Crippen LogP contribution is 2.32. The van der Waals surface area contributed by atoms with Gasteiger partial charge < -0.3 is 15.3 Å². The van der Waals surface area contributed by atoms with Crippen LogP contribution in [0.3, 0.4) is 0 Å². The molecule has 0 spiro atoms. The molecule has 0 amide bonds. The highest BCUT2D eigenvalue weighted by Gasteiger charge is 2.23. The maximum atomic E-state index is 9.46. The Balaban J connectivity index is 1.68. The van der Waals surface area contributed by atoms with Crippen LogP contribution < -0.4 is 10.2 Å². The van der Waals surface area contributed by atoms with Crippen molar-refractivity contribution < 1.29 is 5.11 Å². The van der Waals surface area contributed by atoms with E-state index in [2.05, 4.69) is 54.4 Å². The summed E-state index contributed by atoms with van der Waals surface area (Å²) < 4.78 is 2.90. The van der Waals surface area contributed by atoms with Crippen LogP contribution in [0.4, 0.5) is 11.5 Å². The molecule has 1 aliphatic rings. The third-order valence-corrected chi connectivity index (χ3v) is 5.79. The summed E-state index contributed by atoms with van der Waals surface area (Å²) in [5.41, 5.74) is 3.34. The normalized spacial score (nSPS) is 17.4. The molecule has 27 heavy (non-hydrogen) atoms. The molecular weight excluding hydrogens is 406 g/mol. The average Bonchev–Trinajstić information content (AvgIpc) is 3.09. The molecule has 1 aliphatic heterocycles. The number of nitrogens with zero attached hydrogens (tertiary/aromatic N) is 4. The van der Waals surface area contributed by atoms with E-state index in [4.69, 9.17) is 0 Å². The monoisotopic (exact) mass is 429 g/mol. The molecule has 1 unspecified atom stereocenters. The van der Waals surface area contributed by atoms with Crippen LogP contribution in [0.5, 0.6) is 0 Å². The topological polar surface area (TPSA) is 65.7 Å². The molecule has 3 aromatic rings. The van der Waals surface area contributed by atoms with Crippen molar-refractivity contribution in [2.45, 2.75) is 38.3 Å². The van der Waals surface area contributed by atoms with Crippen molar-refractivity contribution in [2.24, 2.45) is 0 Å². The Morgan fingerprint density at radius 1 is 1.26 bits per heavy atom. The highest BCUT2D eigenvalue weighted by atomic mass is 79.9. The van der Waals surface area contributed by atoms with Gasteiger partial charge in [-0.15, -0.1) is 0 Å². The Bertz CT molecular complexity index is 896. The standard InChI is InChI=1S/C20H24BrN5O/c21-18-14-24-26-19(18)10-17(25-8-2-1-5-16(25)6-9-27)11-20(26)23-13-15-4-3-7-22-12-15/h3-4,7,10-12,14,16,23,27H,1-2,5-6,8-9,13H2. The third kappa shape index (κ3) is 3.94. The molecule has 0 aliphatic carbocycles. The second-order valence-electron chi connectivity index (χ2n) is 6.96. The summed E-state index contributed by atoms with van der Waals surface area (Å²) in [6, 6.07) is 8.74. The summed E-state index contributed by atoms with van der Waals surface area (Å²) in [4.78, 5) is 6.62. The van der Waals surface area contributed by atoms with E-state index in [1.165, 1.54) is 18.5 Å². The van der Waals surface area contributed by atoms with Gasteiger partial charge in [0.25, 0.3) is 0 Å². The minimum absolute atomic E-state index is 0.228. The lowest BCUT2D eigenvalue weighted by molar-refractivity contribution is 0.262. The summed E-state index contributed by atoms with van der Waals surface area (Å²) in [5.74, 6) is 0.949. The predicted octanol–water partition coefficient (Wildman–Crippen LogP) is 3.85. The molecular formula is C20H24BrN5O. The lowest BCUT2D eigenvalue weighted by atomic mass is 9.99. The molecule has 7 heteroatoms. The van der Waals surface area contributed by atoms with Crippen molar-refractivity contribution >= 4 is 33.0 Å².